The maximum absolute atomic E-state index is 12.5. The highest BCUT2D eigenvalue weighted by Gasteiger charge is 2.14. The van der Waals surface area contributed by atoms with Gasteiger partial charge in [-0.15, -0.1) is 0 Å². The van der Waals surface area contributed by atoms with Crippen LogP contribution in [-0.2, 0) is 4.79 Å². The Balaban J connectivity index is 2.32. The number of benzene rings is 2. The zero-order valence-electron chi connectivity index (χ0n) is 16.0. The fourth-order valence-electron chi connectivity index (χ4n) is 2.40. The van der Waals surface area contributed by atoms with Gasteiger partial charge in [0, 0.05) is 10.2 Å². The summed E-state index contributed by atoms with van der Waals surface area (Å²) in [5.41, 5.74) is 3.42. The smallest absolute Gasteiger partial charge is 0.266 e. The zero-order chi connectivity index (χ0) is 20.7. The van der Waals surface area contributed by atoms with Gasteiger partial charge in [-0.25, -0.2) is 0 Å². The predicted molar refractivity (Wildman–Crippen MR) is 115 cm³/mol. The average molecular weight is 441 g/mol. The number of rotatable bonds is 7. The van der Waals surface area contributed by atoms with Crippen LogP contribution in [0.3, 0.4) is 0 Å². The maximum atomic E-state index is 12.5. The molecule has 0 aromatic heterocycles. The molecule has 0 aliphatic heterocycles. The average Bonchev–Trinajstić information content (AvgIpc) is 2.68. The largest absolute Gasteiger partial charge is 0.493 e. The first-order chi connectivity index (χ1) is 13.4. The van der Waals surface area contributed by atoms with Gasteiger partial charge in [-0.2, -0.15) is 5.26 Å². The minimum atomic E-state index is -0.483. The molecule has 5 nitrogen and oxygen atoms in total. The molecule has 6 heteroatoms. The molecule has 0 spiro atoms. The number of carbonyl (C=O) groups excluding carboxylic acids is 1. The number of carbonyl (C=O) groups is 1. The summed E-state index contributed by atoms with van der Waals surface area (Å²) in [6.45, 7) is 7.91. The van der Waals surface area contributed by atoms with Gasteiger partial charge in [0.15, 0.2) is 11.5 Å². The van der Waals surface area contributed by atoms with Crippen LogP contribution in [0.4, 0.5) is 5.69 Å². The molecule has 2 rings (SSSR count). The number of hydrogen-bond acceptors (Lipinski definition) is 4. The van der Waals surface area contributed by atoms with Crippen LogP contribution in [0.5, 0.6) is 11.5 Å². The number of halogens is 1. The number of amides is 1. The first-order valence-corrected chi connectivity index (χ1v) is 9.30. The molecule has 0 bridgehead atoms. The summed E-state index contributed by atoms with van der Waals surface area (Å²) in [6, 6.07) is 11.0. The van der Waals surface area contributed by atoms with E-state index in [2.05, 4.69) is 27.8 Å². The molecule has 2 aromatic rings. The number of nitrogens with one attached hydrogen (secondary N) is 1. The summed E-state index contributed by atoms with van der Waals surface area (Å²) in [7, 11) is 1.52. The summed E-state index contributed by atoms with van der Waals surface area (Å²) in [6.07, 6.45) is 3.13. The van der Waals surface area contributed by atoms with Crippen LogP contribution in [0.1, 0.15) is 16.7 Å². The molecule has 0 radical (unpaired) electrons. The van der Waals surface area contributed by atoms with Gasteiger partial charge in [0.2, 0.25) is 0 Å². The number of aryl methyl sites for hydroxylation is 2. The van der Waals surface area contributed by atoms with Crippen molar-refractivity contribution in [2.24, 2.45) is 0 Å². The van der Waals surface area contributed by atoms with Gasteiger partial charge in [-0.1, -0.05) is 34.7 Å². The molecule has 0 fully saturated rings. The third kappa shape index (κ3) is 5.24. The Morgan fingerprint density at radius 3 is 2.61 bits per heavy atom. The van der Waals surface area contributed by atoms with E-state index in [4.69, 9.17) is 9.47 Å². The fourth-order valence-corrected chi connectivity index (χ4v) is 2.84. The topological polar surface area (TPSA) is 71.3 Å². The molecule has 28 heavy (non-hydrogen) atoms. The number of nitrogens with zero attached hydrogens (tertiary/aromatic N) is 1. The highest BCUT2D eigenvalue weighted by Crippen LogP contribution is 2.34. The van der Waals surface area contributed by atoms with E-state index in [1.54, 1.807) is 24.3 Å². The normalized spacial score (nSPS) is 10.8. The second kappa shape index (κ2) is 9.77. The van der Waals surface area contributed by atoms with Crippen LogP contribution in [0.25, 0.3) is 6.08 Å². The lowest BCUT2D eigenvalue weighted by molar-refractivity contribution is -0.112. The van der Waals surface area contributed by atoms with Crippen molar-refractivity contribution in [3.63, 3.8) is 0 Å². The van der Waals surface area contributed by atoms with Crippen molar-refractivity contribution in [2.75, 3.05) is 19.0 Å². The van der Waals surface area contributed by atoms with Gasteiger partial charge in [-0.05, 0) is 60.9 Å². The third-order valence-corrected chi connectivity index (χ3v) is 4.76. The fraction of sp³-hybridized carbons (Fsp3) is 0.182. The molecule has 1 amide bonds. The van der Waals surface area contributed by atoms with Crippen LogP contribution in [0.2, 0.25) is 0 Å². The van der Waals surface area contributed by atoms with Crippen molar-refractivity contribution in [3.8, 4) is 17.6 Å². The number of anilines is 1. The van der Waals surface area contributed by atoms with Gasteiger partial charge in [0.25, 0.3) is 5.91 Å². The van der Waals surface area contributed by atoms with Crippen molar-refractivity contribution in [1.29, 1.82) is 5.26 Å². The number of hydrogen-bond donors (Lipinski definition) is 1. The Hall–Kier alpha value is -3.04. The Kier molecular flexibility index (Phi) is 7.42. The molecule has 144 valence electrons. The van der Waals surface area contributed by atoms with Gasteiger partial charge in [0.1, 0.15) is 18.2 Å². The van der Waals surface area contributed by atoms with Crippen molar-refractivity contribution in [1.82, 2.24) is 0 Å². The monoisotopic (exact) mass is 440 g/mol. The van der Waals surface area contributed by atoms with Crippen molar-refractivity contribution < 1.29 is 14.3 Å². The van der Waals surface area contributed by atoms with Crippen molar-refractivity contribution in [2.45, 2.75) is 13.8 Å². The molecule has 1 N–H and O–H groups in total. The van der Waals surface area contributed by atoms with E-state index in [1.165, 1.54) is 13.2 Å². The summed E-state index contributed by atoms with van der Waals surface area (Å²) in [5.74, 6) is 0.538. The van der Waals surface area contributed by atoms with E-state index in [0.717, 1.165) is 11.1 Å². The van der Waals surface area contributed by atoms with E-state index in [9.17, 15) is 10.1 Å². The minimum absolute atomic E-state index is 0.0271. The van der Waals surface area contributed by atoms with Gasteiger partial charge < -0.3 is 14.8 Å². The summed E-state index contributed by atoms with van der Waals surface area (Å²) in [4.78, 5) is 12.5. The second-order valence-corrected chi connectivity index (χ2v) is 6.90. The van der Waals surface area contributed by atoms with E-state index in [1.807, 2.05) is 32.0 Å². The van der Waals surface area contributed by atoms with Crippen LogP contribution < -0.4 is 14.8 Å². The SMILES string of the molecule is C=CCOc1cc(Br)c(/C=C(\C#N)C(=O)Nc2ccc(C)c(C)c2)cc1OC. The highest BCUT2D eigenvalue weighted by atomic mass is 79.9. The Morgan fingerprint density at radius 1 is 1.25 bits per heavy atom. The van der Waals surface area contributed by atoms with E-state index < -0.39 is 5.91 Å². The Labute approximate surface area is 173 Å². The highest BCUT2D eigenvalue weighted by molar-refractivity contribution is 9.10. The first-order valence-electron chi connectivity index (χ1n) is 8.51. The molecular formula is C22H21BrN2O3. The second-order valence-electron chi connectivity index (χ2n) is 6.05. The number of nitriles is 1. The van der Waals surface area contributed by atoms with Gasteiger partial charge in [-0.3, -0.25) is 4.79 Å². The lowest BCUT2D eigenvalue weighted by Gasteiger charge is -2.12. The van der Waals surface area contributed by atoms with E-state index in [-0.39, 0.29) is 5.57 Å². The molecule has 0 saturated carbocycles. The molecule has 0 heterocycles. The lowest BCUT2D eigenvalue weighted by atomic mass is 10.1. The van der Waals surface area contributed by atoms with Crippen LogP contribution >= 0.6 is 15.9 Å². The summed E-state index contributed by atoms with van der Waals surface area (Å²) < 4.78 is 11.6. The quantitative estimate of drug-likeness (QED) is 0.365. The Bertz CT molecular complexity index is 974. The molecule has 0 aliphatic rings. The minimum Gasteiger partial charge on any atom is -0.493 e. The number of methoxy groups -OCH3 is 1. The molecule has 0 atom stereocenters. The zero-order valence-corrected chi connectivity index (χ0v) is 17.6. The maximum Gasteiger partial charge on any atom is 0.266 e. The van der Waals surface area contributed by atoms with Crippen molar-refractivity contribution in [3.05, 3.63) is 69.7 Å². The van der Waals surface area contributed by atoms with E-state index in [0.29, 0.717) is 33.8 Å². The lowest BCUT2D eigenvalue weighted by Crippen LogP contribution is -2.13. The molecule has 0 unspecified atom stereocenters. The number of ether oxygens (including phenoxy) is 2. The molecule has 0 aliphatic carbocycles. The van der Waals surface area contributed by atoms with Crippen LogP contribution in [0.15, 0.2) is 53.0 Å². The summed E-state index contributed by atoms with van der Waals surface area (Å²) >= 11 is 3.45. The molecule has 0 saturated heterocycles. The van der Waals surface area contributed by atoms with Gasteiger partial charge >= 0.3 is 0 Å². The third-order valence-electron chi connectivity index (χ3n) is 4.07. The van der Waals surface area contributed by atoms with Crippen LogP contribution in [-0.4, -0.2) is 19.6 Å². The standard InChI is InChI=1S/C22H21BrN2O3/c1-5-8-28-21-12-19(23)16(11-20(21)27-4)10-17(13-24)22(26)25-18-7-6-14(2)15(3)9-18/h5-7,9-12H,1,8H2,2-4H3,(H,25,26)/b17-10+. The first kappa shape index (κ1) is 21.3. The van der Waals surface area contributed by atoms with E-state index >= 15 is 0 Å². The Morgan fingerprint density at radius 2 is 2.00 bits per heavy atom. The summed E-state index contributed by atoms with van der Waals surface area (Å²) in [5, 5.41) is 12.2. The molecular weight excluding hydrogens is 420 g/mol. The van der Waals surface area contributed by atoms with Crippen molar-refractivity contribution >= 4 is 33.6 Å². The van der Waals surface area contributed by atoms with Crippen LogP contribution in [0, 0.1) is 25.2 Å². The van der Waals surface area contributed by atoms with Gasteiger partial charge in [0.05, 0.1) is 7.11 Å². The molecule has 2 aromatic carbocycles. The predicted octanol–water partition coefficient (Wildman–Crippen LogP) is 5.19.